The molecule has 2 aromatic rings. The van der Waals surface area contributed by atoms with Crippen molar-refractivity contribution in [3.8, 4) is 0 Å². The fraction of sp³-hybridized carbons (Fsp3) is 0.273. The van der Waals surface area contributed by atoms with Crippen molar-refractivity contribution in [1.82, 2.24) is 9.97 Å². The van der Waals surface area contributed by atoms with Gasteiger partial charge >= 0.3 is 0 Å². The second kappa shape index (κ2) is 4.65. The minimum absolute atomic E-state index is 0.347. The Balaban J connectivity index is 0.000000461. The van der Waals surface area contributed by atoms with Crippen LogP contribution in [0.3, 0.4) is 0 Å². The first-order valence-corrected chi connectivity index (χ1v) is 4.64. The van der Waals surface area contributed by atoms with Crippen LogP contribution in [0.1, 0.15) is 19.5 Å². The summed E-state index contributed by atoms with van der Waals surface area (Å²) in [4.78, 5) is 8.02. The zero-order valence-electron chi connectivity index (χ0n) is 8.58. The Morgan fingerprint density at radius 2 is 1.86 bits per heavy atom. The fourth-order valence-corrected chi connectivity index (χ4v) is 1.08. The number of pyridine rings is 2. The summed E-state index contributed by atoms with van der Waals surface area (Å²) < 4.78 is 12.7. The van der Waals surface area contributed by atoms with E-state index in [0.717, 1.165) is 11.2 Å². The van der Waals surface area contributed by atoms with E-state index >= 15 is 0 Å². The molecule has 2 rings (SSSR count). The van der Waals surface area contributed by atoms with Crippen molar-refractivity contribution in [3.63, 3.8) is 0 Å². The third kappa shape index (κ3) is 2.25. The van der Waals surface area contributed by atoms with Crippen molar-refractivity contribution in [2.75, 3.05) is 0 Å². The van der Waals surface area contributed by atoms with Gasteiger partial charge in [0, 0.05) is 11.8 Å². The highest BCUT2D eigenvalue weighted by Gasteiger charge is 1.97. The number of aryl methyl sites for hydroxylation is 1. The van der Waals surface area contributed by atoms with Gasteiger partial charge in [-0.15, -0.1) is 0 Å². The van der Waals surface area contributed by atoms with Crippen LogP contribution in [0.2, 0.25) is 0 Å². The van der Waals surface area contributed by atoms with E-state index in [1.54, 1.807) is 0 Å². The van der Waals surface area contributed by atoms with Crippen LogP contribution in [0.5, 0.6) is 0 Å². The summed E-state index contributed by atoms with van der Waals surface area (Å²) in [5.74, 6) is -0.347. The van der Waals surface area contributed by atoms with E-state index in [1.807, 2.05) is 32.9 Å². The lowest BCUT2D eigenvalue weighted by Gasteiger charge is -1.96. The summed E-state index contributed by atoms with van der Waals surface area (Å²) in [6, 6.07) is 5.07. The molecule has 3 heteroatoms. The number of hydrogen-bond donors (Lipinski definition) is 0. The lowest BCUT2D eigenvalue weighted by Crippen LogP contribution is -1.86. The summed E-state index contributed by atoms with van der Waals surface area (Å²) in [6.45, 7) is 5.87. The first kappa shape index (κ1) is 10.6. The molecule has 0 saturated carbocycles. The molecule has 2 nitrogen and oxygen atoms in total. The average molecular weight is 192 g/mol. The highest BCUT2D eigenvalue weighted by molar-refractivity contribution is 5.73. The molecule has 0 aliphatic carbocycles. The maximum atomic E-state index is 12.7. The molecule has 0 fully saturated rings. The summed E-state index contributed by atoms with van der Waals surface area (Å²) in [6.07, 6.45) is 1.19. The Morgan fingerprint density at radius 1 is 1.14 bits per heavy atom. The quantitative estimate of drug-likeness (QED) is 0.641. The Labute approximate surface area is 82.8 Å². The van der Waals surface area contributed by atoms with Gasteiger partial charge < -0.3 is 0 Å². The average Bonchev–Trinajstić information content (AvgIpc) is 2.20. The molecule has 0 amide bonds. The second-order valence-electron chi connectivity index (χ2n) is 2.64. The normalized spacial score (nSPS) is 9.43. The van der Waals surface area contributed by atoms with Crippen LogP contribution in [0.25, 0.3) is 11.0 Å². The number of aromatic nitrogens is 2. The molecule has 0 aliphatic rings. The highest BCUT2D eigenvalue weighted by Crippen LogP contribution is 2.10. The van der Waals surface area contributed by atoms with Crippen molar-refractivity contribution >= 4 is 11.0 Å². The molecule has 14 heavy (non-hydrogen) atoms. The number of fused-ring (bicyclic) bond motifs is 1. The summed E-state index contributed by atoms with van der Waals surface area (Å²) in [5.41, 5.74) is 2.20. The number of nitrogens with zero attached hydrogens (tertiary/aromatic N) is 2. The van der Waals surface area contributed by atoms with Crippen molar-refractivity contribution in [2.24, 2.45) is 0 Å². The first-order chi connectivity index (χ1) is 6.75. The number of hydrogen-bond acceptors (Lipinski definition) is 2. The van der Waals surface area contributed by atoms with E-state index in [0.29, 0.717) is 5.52 Å². The molecule has 0 radical (unpaired) electrons. The van der Waals surface area contributed by atoms with Crippen LogP contribution in [0, 0.1) is 12.7 Å². The molecule has 0 atom stereocenters. The smallest absolute Gasteiger partial charge is 0.143 e. The van der Waals surface area contributed by atoms with Gasteiger partial charge in [0.25, 0.3) is 0 Å². The number of rotatable bonds is 0. The summed E-state index contributed by atoms with van der Waals surface area (Å²) in [5, 5.41) is 0. The molecule has 0 unspecified atom stereocenters. The summed E-state index contributed by atoms with van der Waals surface area (Å²) in [7, 11) is 0. The molecular formula is C11H13FN2. The molecule has 0 spiro atoms. The van der Waals surface area contributed by atoms with Gasteiger partial charge in [0.1, 0.15) is 5.82 Å². The lowest BCUT2D eigenvalue weighted by molar-refractivity contribution is 0.624. The minimum atomic E-state index is -0.347. The molecule has 0 bridgehead atoms. The Kier molecular flexibility index (Phi) is 3.51. The van der Waals surface area contributed by atoms with Crippen LogP contribution in [0.4, 0.5) is 4.39 Å². The molecule has 74 valence electrons. The fourth-order valence-electron chi connectivity index (χ4n) is 1.08. The molecule has 0 aromatic carbocycles. The largest absolute Gasteiger partial charge is 0.252 e. The minimum Gasteiger partial charge on any atom is -0.252 e. The standard InChI is InChI=1S/C9H7FN2.C2H6/c1-6-2-3-8-9(12-6)4-7(10)5-11-8;1-2/h2-5H,1H3;1-2H3. The van der Waals surface area contributed by atoms with E-state index < -0.39 is 0 Å². The van der Waals surface area contributed by atoms with E-state index in [2.05, 4.69) is 9.97 Å². The van der Waals surface area contributed by atoms with E-state index in [-0.39, 0.29) is 5.82 Å². The third-order valence-electron chi connectivity index (χ3n) is 1.64. The van der Waals surface area contributed by atoms with Crippen LogP contribution >= 0.6 is 0 Å². The van der Waals surface area contributed by atoms with Gasteiger partial charge in [-0.3, -0.25) is 9.97 Å². The van der Waals surface area contributed by atoms with Crippen molar-refractivity contribution in [3.05, 3.63) is 35.9 Å². The van der Waals surface area contributed by atoms with Gasteiger partial charge in [-0.05, 0) is 19.1 Å². The first-order valence-electron chi connectivity index (χ1n) is 4.64. The van der Waals surface area contributed by atoms with Gasteiger partial charge in [-0.1, -0.05) is 13.8 Å². The lowest BCUT2D eigenvalue weighted by atomic mass is 10.3. The van der Waals surface area contributed by atoms with E-state index in [4.69, 9.17) is 0 Å². The van der Waals surface area contributed by atoms with Gasteiger partial charge in [0.2, 0.25) is 0 Å². The van der Waals surface area contributed by atoms with Crippen molar-refractivity contribution in [2.45, 2.75) is 20.8 Å². The molecule has 2 aromatic heterocycles. The molecule has 0 aliphatic heterocycles. The topological polar surface area (TPSA) is 25.8 Å². The van der Waals surface area contributed by atoms with Crippen LogP contribution < -0.4 is 0 Å². The van der Waals surface area contributed by atoms with Crippen LogP contribution in [-0.2, 0) is 0 Å². The zero-order valence-corrected chi connectivity index (χ0v) is 8.58. The van der Waals surface area contributed by atoms with Gasteiger partial charge in [0.05, 0.1) is 17.2 Å². The van der Waals surface area contributed by atoms with Gasteiger partial charge in [-0.2, -0.15) is 0 Å². The SMILES string of the molecule is CC.Cc1ccc2ncc(F)cc2n1. The Bertz CT molecular complexity index is 390. The maximum absolute atomic E-state index is 12.7. The van der Waals surface area contributed by atoms with E-state index in [1.165, 1.54) is 12.3 Å². The second-order valence-corrected chi connectivity index (χ2v) is 2.64. The van der Waals surface area contributed by atoms with Crippen molar-refractivity contribution in [1.29, 1.82) is 0 Å². The zero-order chi connectivity index (χ0) is 10.6. The van der Waals surface area contributed by atoms with Crippen molar-refractivity contribution < 1.29 is 4.39 Å². The molecular weight excluding hydrogens is 179 g/mol. The maximum Gasteiger partial charge on any atom is 0.143 e. The monoisotopic (exact) mass is 192 g/mol. The van der Waals surface area contributed by atoms with Crippen LogP contribution in [0.15, 0.2) is 24.4 Å². The summed E-state index contributed by atoms with van der Waals surface area (Å²) >= 11 is 0. The Morgan fingerprint density at radius 3 is 2.57 bits per heavy atom. The van der Waals surface area contributed by atoms with E-state index in [9.17, 15) is 4.39 Å². The predicted octanol–water partition coefficient (Wildman–Crippen LogP) is 3.10. The predicted molar refractivity (Wildman–Crippen MR) is 55.6 cm³/mol. The van der Waals surface area contributed by atoms with Gasteiger partial charge in [-0.25, -0.2) is 4.39 Å². The highest BCUT2D eigenvalue weighted by atomic mass is 19.1. The number of halogens is 1. The molecule has 2 heterocycles. The molecule has 0 saturated heterocycles. The van der Waals surface area contributed by atoms with Crippen LogP contribution in [-0.4, -0.2) is 9.97 Å². The molecule has 0 N–H and O–H groups in total. The Hall–Kier alpha value is -1.51. The van der Waals surface area contributed by atoms with Gasteiger partial charge in [0.15, 0.2) is 0 Å². The third-order valence-corrected chi connectivity index (χ3v) is 1.64.